The Morgan fingerprint density at radius 1 is 1.08 bits per heavy atom. The van der Waals surface area contributed by atoms with Crippen molar-refractivity contribution in [3.63, 3.8) is 0 Å². The number of hydrogen-bond donors (Lipinski definition) is 0. The predicted molar refractivity (Wildman–Crippen MR) is 104 cm³/mol. The molecule has 26 heavy (non-hydrogen) atoms. The number of piperazine rings is 1. The number of rotatable bonds is 5. The summed E-state index contributed by atoms with van der Waals surface area (Å²) in [6.45, 7) is 6.13. The normalized spacial score (nSPS) is 17.1. The third-order valence-electron chi connectivity index (χ3n) is 5.26. The van der Waals surface area contributed by atoms with Crippen LogP contribution in [-0.2, 0) is 12.8 Å². The summed E-state index contributed by atoms with van der Waals surface area (Å²) in [5, 5.41) is 0. The van der Waals surface area contributed by atoms with E-state index in [0.29, 0.717) is 0 Å². The van der Waals surface area contributed by atoms with Crippen molar-refractivity contribution >= 4 is 11.6 Å². The lowest BCUT2D eigenvalue weighted by Crippen LogP contribution is -2.47. The molecule has 4 rings (SSSR count). The second-order valence-corrected chi connectivity index (χ2v) is 7.25. The van der Waals surface area contributed by atoms with Crippen LogP contribution in [0.1, 0.15) is 11.1 Å². The van der Waals surface area contributed by atoms with E-state index >= 15 is 0 Å². The highest BCUT2D eigenvalue weighted by molar-refractivity contribution is 5.49. The van der Waals surface area contributed by atoms with Gasteiger partial charge in [-0.05, 0) is 23.6 Å². The van der Waals surface area contributed by atoms with Gasteiger partial charge in [0.1, 0.15) is 23.7 Å². The van der Waals surface area contributed by atoms with E-state index in [-0.39, 0.29) is 0 Å². The van der Waals surface area contributed by atoms with E-state index in [1.165, 1.54) is 11.1 Å². The number of ether oxygens (including phenoxy) is 1. The summed E-state index contributed by atoms with van der Waals surface area (Å²) < 4.78 is 5.60. The lowest BCUT2D eigenvalue weighted by atomic mass is 10.1. The van der Waals surface area contributed by atoms with E-state index in [2.05, 4.69) is 44.0 Å². The maximum Gasteiger partial charge on any atom is 0.134 e. The lowest BCUT2D eigenvalue weighted by molar-refractivity contribution is 0.260. The molecule has 0 aliphatic carbocycles. The van der Waals surface area contributed by atoms with Crippen LogP contribution in [0.2, 0.25) is 0 Å². The molecule has 2 aliphatic heterocycles. The monoisotopic (exact) mass is 353 g/mol. The highest BCUT2D eigenvalue weighted by Gasteiger charge is 2.19. The topological polar surface area (TPSA) is 44.7 Å². The van der Waals surface area contributed by atoms with Crippen LogP contribution in [0.3, 0.4) is 0 Å². The second-order valence-electron chi connectivity index (χ2n) is 7.25. The van der Waals surface area contributed by atoms with Gasteiger partial charge < -0.3 is 14.5 Å². The second kappa shape index (κ2) is 7.50. The molecule has 0 saturated carbocycles. The Bertz CT molecular complexity index is 756. The first-order valence-electron chi connectivity index (χ1n) is 9.40. The summed E-state index contributed by atoms with van der Waals surface area (Å²) in [4.78, 5) is 15.7. The van der Waals surface area contributed by atoms with Gasteiger partial charge in [0, 0.05) is 59.3 Å². The van der Waals surface area contributed by atoms with Crippen molar-refractivity contribution in [3.8, 4) is 5.75 Å². The molecule has 1 aromatic heterocycles. The van der Waals surface area contributed by atoms with E-state index in [4.69, 9.17) is 4.74 Å². The van der Waals surface area contributed by atoms with E-state index < -0.39 is 0 Å². The van der Waals surface area contributed by atoms with Crippen molar-refractivity contribution in [2.24, 2.45) is 0 Å². The van der Waals surface area contributed by atoms with Gasteiger partial charge in [0.2, 0.25) is 0 Å². The van der Waals surface area contributed by atoms with Gasteiger partial charge in [-0.1, -0.05) is 12.1 Å². The third-order valence-corrected chi connectivity index (χ3v) is 5.26. The molecule has 0 amide bonds. The average Bonchev–Trinajstić information content (AvgIpc) is 3.15. The molecule has 1 fully saturated rings. The van der Waals surface area contributed by atoms with Gasteiger partial charge >= 0.3 is 0 Å². The van der Waals surface area contributed by atoms with Crippen LogP contribution < -0.4 is 14.5 Å². The Kier molecular flexibility index (Phi) is 4.93. The number of nitrogens with zero attached hydrogens (tertiary/aromatic N) is 5. The smallest absolute Gasteiger partial charge is 0.134 e. The molecular formula is C20H27N5O. The summed E-state index contributed by atoms with van der Waals surface area (Å²) in [5.74, 6) is 3.06. The Balaban J connectivity index is 1.29. The van der Waals surface area contributed by atoms with E-state index in [1.807, 2.05) is 19.0 Å². The molecule has 1 aromatic carbocycles. The summed E-state index contributed by atoms with van der Waals surface area (Å²) in [6.07, 6.45) is 3.82. The molecule has 0 unspecified atom stereocenters. The zero-order valence-electron chi connectivity index (χ0n) is 15.7. The molecule has 138 valence electrons. The van der Waals surface area contributed by atoms with Gasteiger partial charge in [-0.2, -0.15) is 0 Å². The van der Waals surface area contributed by atoms with Crippen LogP contribution in [0.25, 0.3) is 0 Å². The molecule has 0 atom stereocenters. The van der Waals surface area contributed by atoms with Gasteiger partial charge in [-0.15, -0.1) is 0 Å². The van der Waals surface area contributed by atoms with Gasteiger partial charge in [0.25, 0.3) is 0 Å². The molecule has 6 heteroatoms. The molecular weight excluding hydrogens is 326 g/mol. The van der Waals surface area contributed by atoms with E-state index in [0.717, 1.165) is 69.6 Å². The summed E-state index contributed by atoms with van der Waals surface area (Å²) in [6, 6.07) is 8.74. The van der Waals surface area contributed by atoms with Gasteiger partial charge in [0.15, 0.2) is 0 Å². The van der Waals surface area contributed by atoms with Crippen molar-refractivity contribution in [2.75, 3.05) is 63.2 Å². The first-order valence-corrected chi connectivity index (χ1v) is 9.40. The Hall–Kier alpha value is -2.34. The summed E-state index contributed by atoms with van der Waals surface area (Å²) >= 11 is 0. The predicted octanol–water partition coefficient (Wildman–Crippen LogP) is 1.84. The first kappa shape index (κ1) is 17.1. The Morgan fingerprint density at radius 3 is 2.73 bits per heavy atom. The number of hydrogen-bond acceptors (Lipinski definition) is 6. The molecule has 0 N–H and O–H groups in total. The molecule has 0 bridgehead atoms. The molecule has 0 spiro atoms. The van der Waals surface area contributed by atoms with E-state index in [9.17, 15) is 0 Å². The zero-order valence-corrected chi connectivity index (χ0v) is 15.7. The molecule has 1 saturated heterocycles. The number of aromatic nitrogens is 2. The van der Waals surface area contributed by atoms with Crippen molar-refractivity contribution in [1.29, 1.82) is 0 Å². The van der Waals surface area contributed by atoms with Crippen LogP contribution in [0.5, 0.6) is 5.75 Å². The molecule has 0 radical (unpaired) electrons. The third kappa shape index (κ3) is 3.75. The largest absolute Gasteiger partial charge is 0.493 e. The highest BCUT2D eigenvalue weighted by Crippen LogP contribution is 2.26. The first-order chi connectivity index (χ1) is 12.7. The van der Waals surface area contributed by atoms with Crippen molar-refractivity contribution < 1.29 is 4.74 Å². The molecule has 2 aliphatic rings. The van der Waals surface area contributed by atoms with Crippen LogP contribution in [-0.4, -0.2) is 68.3 Å². The van der Waals surface area contributed by atoms with Crippen molar-refractivity contribution in [1.82, 2.24) is 14.9 Å². The average molecular weight is 353 g/mol. The zero-order chi connectivity index (χ0) is 17.9. The minimum absolute atomic E-state index is 0.833. The lowest BCUT2D eigenvalue weighted by Gasteiger charge is -2.35. The highest BCUT2D eigenvalue weighted by atomic mass is 16.5. The van der Waals surface area contributed by atoms with Crippen LogP contribution in [0.4, 0.5) is 11.6 Å². The van der Waals surface area contributed by atoms with Crippen molar-refractivity contribution in [3.05, 3.63) is 41.7 Å². The van der Waals surface area contributed by atoms with Gasteiger partial charge in [0.05, 0.1) is 6.61 Å². The fourth-order valence-corrected chi connectivity index (χ4v) is 3.64. The molecule has 6 nitrogen and oxygen atoms in total. The number of fused-ring (bicyclic) bond motifs is 1. The Labute approximate surface area is 155 Å². The fourth-order valence-electron chi connectivity index (χ4n) is 3.64. The van der Waals surface area contributed by atoms with Gasteiger partial charge in [-0.3, -0.25) is 4.90 Å². The Morgan fingerprint density at radius 2 is 1.92 bits per heavy atom. The van der Waals surface area contributed by atoms with Crippen LogP contribution in [0, 0.1) is 0 Å². The summed E-state index contributed by atoms with van der Waals surface area (Å²) in [5.41, 5.74) is 2.79. The van der Waals surface area contributed by atoms with E-state index in [1.54, 1.807) is 6.33 Å². The van der Waals surface area contributed by atoms with Gasteiger partial charge in [-0.25, -0.2) is 9.97 Å². The maximum atomic E-state index is 5.60. The molecule has 2 aromatic rings. The fraction of sp³-hybridized carbons (Fsp3) is 0.500. The number of anilines is 2. The summed E-state index contributed by atoms with van der Waals surface area (Å²) in [7, 11) is 4.02. The molecule has 3 heterocycles. The van der Waals surface area contributed by atoms with Crippen molar-refractivity contribution in [2.45, 2.75) is 12.8 Å². The quantitative estimate of drug-likeness (QED) is 0.817. The SMILES string of the molecule is CN(C)c1cc(N2CCN(CCc3ccc4c(c3)CCO4)CC2)ncn1. The minimum Gasteiger partial charge on any atom is -0.493 e. The standard InChI is InChI=1S/C20H27N5O/c1-23(2)19-14-20(22-15-21-19)25-10-8-24(9-11-25)7-5-16-3-4-18-17(13-16)6-12-26-18/h3-4,13-15H,5-12H2,1-2H3. The van der Waals surface area contributed by atoms with Crippen LogP contribution >= 0.6 is 0 Å². The number of benzene rings is 1. The minimum atomic E-state index is 0.833. The van der Waals surface area contributed by atoms with Crippen LogP contribution in [0.15, 0.2) is 30.6 Å². The maximum absolute atomic E-state index is 5.60.